The third kappa shape index (κ3) is 3.13. The monoisotopic (exact) mass is 319 g/mol. The molecule has 0 saturated heterocycles. The minimum absolute atomic E-state index is 0.239. The van der Waals surface area contributed by atoms with Gasteiger partial charge in [-0.25, -0.2) is 14.6 Å². The molecular formula is C16H14FNO5. The van der Waals surface area contributed by atoms with Crippen LogP contribution in [0.25, 0.3) is 11.1 Å². The maximum absolute atomic E-state index is 14.0. The van der Waals surface area contributed by atoms with Gasteiger partial charge in [-0.2, -0.15) is 4.39 Å². The van der Waals surface area contributed by atoms with Crippen molar-refractivity contribution in [3.05, 3.63) is 47.5 Å². The van der Waals surface area contributed by atoms with Crippen molar-refractivity contribution in [1.29, 1.82) is 0 Å². The van der Waals surface area contributed by atoms with Crippen molar-refractivity contribution >= 4 is 11.9 Å². The molecule has 120 valence electrons. The highest BCUT2D eigenvalue weighted by Crippen LogP contribution is 2.29. The van der Waals surface area contributed by atoms with Gasteiger partial charge in [-0.15, -0.1) is 0 Å². The van der Waals surface area contributed by atoms with Crippen molar-refractivity contribution in [2.45, 2.75) is 0 Å². The number of pyridine rings is 1. The summed E-state index contributed by atoms with van der Waals surface area (Å²) in [6.07, 6.45) is 1.16. The van der Waals surface area contributed by atoms with E-state index >= 15 is 0 Å². The number of ether oxygens (including phenoxy) is 3. The molecule has 0 amide bonds. The predicted molar refractivity (Wildman–Crippen MR) is 78.9 cm³/mol. The fraction of sp³-hybridized carbons (Fsp3) is 0.188. The Labute approximate surface area is 131 Å². The Morgan fingerprint density at radius 1 is 0.957 bits per heavy atom. The van der Waals surface area contributed by atoms with E-state index in [0.29, 0.717) is 11.3 Å². The number of rotatable bonds is 4. The summed E-state index contributed by atoms with van der Waals surface area (Å²) < 4.78 is 28.2. The molecule has 7 heteroatoms. The number of hydrogen-bond donors (Lipinski definition) is 0. The average Bonchev–Trinajstić information content (AvgIpc) is 2.60. The van der Waals surface area contributed by atoms with Crippen molar-refractivity contribution in [2.24, 2.45) is 0 Å². The van der Waals surface area contributed by atoms with Crippen molar-refractivity contribution in [2.75, 3.05) is 21.3 Å². The van der Waals surface area contributed by atoms with Crippen LogP contribution in [0.4, 0.5) is 4.39 Å². The second-order valence-corrected chi connectivity index (χ2v) is 4.42. The number of methoxy groups -OCH3 is 3. The third-order valence-electron chi connectivity index (χ3n) is 3.21. The van der Waals surface area contributed by atoms with Gasteiger partial charge in [-0.05, 0) is 17.7 Å². The zero-order valence-electron chi connectivity index (χ0n) is 12.8. The molecule has 0 spiro atoms. The number of hydrogen-bond acceptors (Lipinski definition) is 6. The normalized spacial score (nSPS) is 10.1. The SMILES string of the molecule is COC(=O)c1c(-c2ccc(OC)cc2)cnc(F)c1C(=O)OC. The molecule has 0 fully saturated rings. The van der Waals surface area contributed by atoms with E-state index in [0.717, 1.165) is 20.4 Å². The lowest BCUT2D eigenvalue weighted by atomic mass is 9.97. The van der Waals surface area contributed by atoms with Gasteiger partial charge < -0.3 is 14.2 Å². The minimum Gasteiger partial charge on any atom is -0.497 e. The van der Waals surface area contributed by atoms with Gasteiger partial charge in [0.15, 0.2) is 0 Å². The lowest BCUT2D eigenvalue weighted by Gasteiger charge is -2.12. The molecule has 0 unspecified atom stereocenters. The van der Waals surface area contributed by atoms with Crippen LogP contribution >= 0.6 is 0 Å². The second-order valence-electron chi connectivity index (χ2n) is 4.42. The Morgan fingerprint density at radius 2 is 1.52 bits per heavy atom. The highest BCUT2D eigenvalue weighted by Gasteiger charge is 2.28. The first-order valence-electron chi connectivity index (χ1n) is 6.53. The van der Waals surface area contributed by atoms with Gasteiger partial charge in [0.2, 0.25) is 5.95 Å². The molecule has 1 heterocycles. The van der Waals surface area contributed by atoms with Crippen LogP contribution in [-0.2, 0) is 9.47 Å². The molecule has 0 aliphatic heterocycles. The van der Waals surface area contributed by atoms with Gasteiger partial charge in [-0.1, -0.05) is 12.1 Å². The Kier molecular flexibility index (Phi) is 4.90. The van der Waals surface area contributed by atoms with E-state index in [1.165, 1.54) is 7.11 Å². The molecule has 0 saturated carbocycles. The molecule has 0 bridgehead atoms. The highest BCUT2D eigenvalue weighted by molar-refractivity contribution is 6.07. The number of carbonyl (C=O) groups is 2. The molecular weight excluding hydrogens is 305 g/mol. The molecule has 6 nitrogen and oxygen atoms in total. The van der Waals surface area contributed by atoms with Gasteiger partial charge in [0.05, 0.1) is 26.9 Å². The van der Waals surface area contributed by atoms with Crippen LogP contribution < -0.4 is 4.74 Å². The summed E-state index contributed by atoms with van der Waals surface area (Å²) in [5.41, 5.74) is -0.00478. The molecule has 1 aromatic heterocycles. The molecule has 0 radical (unpaired) electrons. The minimum atomic E-state index is -1.10. The zero-order chi connectivity index (χ0) is 17.0. The molecule has 0 N–H and O–H groups in total. The van der Waals surface area contributed by atoms with Crippen LogP contribution in [0.3, 0.4) is 0 Å². The second kappa shape index (κ2) is 6.87. The van der Waals surface area contributed by atoms with Crippen molar-refractivity contribution < 1.29 is 28.2 Å². The molecule has 2 rings (SSSR count). The molecule has 0 aliphatic carbocycles. The lowest BCUT2D eigenvalue weighted by molar-refractivity contribution is 0.0550. The summed E-state index contributed by atoms with van der Waals surface area (Å²) in [6.45, 7) is 0. The van der Waals surface area contributed by atoms with Crippen LogP contribution in [0.15, 0.2) is 30.5 Å². The van der Waals surface area contributed by atoms with Gasteiger partial charge in [-0.3, -0.25) is 0 Å². The number of esters is 2. The van der Waals surface area contributed by atoms with Gasteiger partial charge in [0, 0.05) is 11.8 Å². The molecule has 23 heavy (non-hydrogen) atoms. The number of nitrogens with zero attached hydrogens (tertiary/aromatic N) is 1. The average molecular weight is 319 g/mol. The van der Waals surface area contributed by atoms with Crippen LogP contribution in [0.1, 0.15) is 20.7 Å². The summed E-state index contributed by atoms with van der Waals surface area (Å²) in [7, 11) is 3.74. The maximum atomic E-state index is 14.0. The zero-order valence-corrected chi connectivity index (χ0v) is 12.8. The summed E-state index contributed by atoms with van der Waals surface area (Å²) >= 11 is 0. The van der Waals surface area contributed by atoms with E-state index in [4.69, 9.17) is 4.74 Å². The van der Waals surface area contributed by atoms with E-state index in [1.54, 1.807) is 24.3 Å². The quantitative estimate of drug-likeness (QED) is 0.636. The maximum Gasteiger partial charge on any atom is 0.343 e. The molecule has 2 aromatic rings. The van der Waals surface area contributed by atoms with E-state index in [-0.39, 0.29) is 11.1 Å². The van der Waals surface area contributed by atoms with E-state index in [9.17, 15) is 14.0 Å². The van der Waals surface area contributed by atoms with Crippen LogP contribution in [0, 0.1) is 5.95 Å². The van der Waals surface area contributed by atoms with Crippen molar-refractivity contribution in [1.82, 2.24) is 4.98 Å². The largest absolute Gasteiger partial charge is 0.497 e. The fourth-order valence-corrected chi connectivity index (χ4v) is 2.08. The Bertz CT molecular complexity index is 743. The first-order valence-corrected chi connectivity index (χ1v) is 6.53. The summed E-state index contributed by atoms with van der Waals surface area (Å²) in [5.74, 6) is -2.37. The number of benzene rings is 1. The number of aromatic nitrogens is 1. The van der Waals surface area contributed by atoms with E-state index in [1.807, 2.05) is 0 Å². The number of halogens is 1. The Balaban J connectivity index is 2.71. The van der Waals surface area contributed by atoms with Crippen LogP contribution in [0.5, 0.6) is 5.75 Å². The Morgan fingerprint density at radius 3 is 2.04 bits per heavy atom. The van der Waals surface area contributed by atoms with E-state index in [2.05, 4.69) is 14.5 Å². The first kappa shape index (κ1) is 16.4. The van der Waals surface area contributed by atoms with Gasteiger partial charge >= 0.3 is 11.9 Å². The van der Waals surface area contributed by atoms with Gasteiger partial charge in [0.25, 0.3) is 0 Å². The number of carbonyl (C=O) groups excluding carboxylic acids is 2. The first-order chi connectivity index (χ1) is 11.0. The standard InChI is InChI=1S/C16H14FNO5/c1-21-10-6-4-9(5-7-10)11-8-18-14(17)13(16(20)23-3)12(11)15(19)22-2/h4-8H,1-3H3. The lowest BCUT2D eigenvalue weighted by Crippen LogP contribution is -2.16. The summed E-state index contributed by atoms with van der Waals surface area (Å²) in [4.78, 5) is 27.4. The van der Waals surface area contributed by atoms with Crippen LogP contribution in [0.2, 0.25) is 0 Å². The van der Waals surface area contributed by atoms with Gasteiger partial charge in [0.1, 0.15) is 11.3 Å². The van der Waals surface area contributed by atoms with Crippen molar-refractivity contribution in [3.8, 4) is 16.9 Å². The van der Waals surface area contributed by atoms with Crippen molar-refractivity contribution in [3.63, 3.8) is 0 Å². The fourth-order valence-electron chi connectivity index (χ4n) is 2.08. The van der Waals surface area contributed by atoms with E-state index < -0.39 is 23.4 Å². The highest BCUT2D eigenvalue weighted by atomic mass is 19.1. The third-order valence-corrected chi connectivity index (χ3v) is 3.21. The smallest absolute Gasteiger partial charge is 0.343 e. The topological polar surface area (TPSA) is 74.7 Å². The van der Waals surface area contributed by atoms with Crippen LogP contribution in [-0.4, -0.2) is 38.3 Å². The molecule has 0 aliphatic rings. The predicted octanol–water partition coefficient (Wildman–Crippen LogP) is 2.47. The molecule has 1 aromatic carbocycles. The Hall–Kier alpha value is -2.96. The summed E-state index contributed by atoms with van der Waals surface area (Å²) in [5, 5.41) is 0. The summed E-state index contributed by atoms with van der Waals surface area (Å²) in [6, 6.07) is 6.64. The molecule has 0 atom stereocenters.